The molecule has 1 aromatic rings. The van der Waals surface area contributed by atoms with Crippen LogP contribution in [-0.4, -0.2) is 61.5 Å². The summed E-state index contributed by atoms with van der Waals surface area (Å²) >= 11 is 1.67. The molecule has 1 aliphatic rings. The Bertz CT molecular complexity index is 614. The molecule has 10 heteroatoms. The third kappa shape index (κ3) is 2.21. The van der Waals surface area contributed by atoms with Crippen LogP contribution in [0, 0.1) is 3.70 Å². The molecular weight excluding hydrogens is 387 g/mol. The molecule has 20 heavy (non-hydrogen) atoms. The molecule has 0 bridgehead atoms. The number of rotatable bonds is 3. The van der Waals surface area contributed by atoms with Crippen molar-refractivity contribution in [3.05, 3.63) is 30.6 Å². The van der Waals surface area contributed by atoms with E-state index >= 15 is 0 Å². The van der Waals surface area contributed by atoms with Gasteiger partial charge in [0.2, 0.25) is 5.72 Å². The fraction of sp³-hybridized carbons (Fsp3) is 0.600. The molecule has 0 spiro atoms. The van der Waals surface area contributed by atoms with Crippen molar-refractivity contribution in [2.75, 3.05) is 13.2 Å². The van der Waals surface area contributed by atoms with Crippen molar-refractivity contribution in [1.82, 2.24) is 9.55 Å². The van der Waals surface area contributed by atoms with Crippen molar-refractivity contribution in [2.45, 2.75) is 24.0 Å². The van der Waals surface area contributed by atoms with E-state index in [1.807, 2.05) is 4.98 Å². The molecule has 112 valence electrons. The molecule has 0 unspecified atom stereocenters. The summed E-state index contributed by atoms with van der Waals surface area (Å²) in [6.45, 7) is -1.43. The topological polar surface area (TPSA) is 145 Å². The number of halogens is 1. The van der Waals surface area contributed by atoms with Crippen LogP contribution in [0.1, 0.15) is 0 Å². The Labute approximate surface area is 125 Å². The quantitative estimate of drug-likeness (QED) is 0.267. The van der Waals surface area contributed by atoms with Crippen LogP contribution in [-0.2, 0) is 10.5 Å². The monoisotopic (exact) mass is 400 g/mol. The first kappa shape index (κ1) is 15.6. The van der Waals surface area contributed by atoms with Crippen LogP contribution >= 0.6 is 22.6 Å². The minimum atomic E-state index is -1.97. The van der Waals surface area contributed by atoms with Crippen molar-refractivity contribution < 1.29 is 25.2 Å². The number of aromatic amines is 1. The molecule has 4 atom stereocenters. The number of aliphatic hydroxyl groups is 4. The van der Waals surface area contributed by atoms with E-state index in [0.29, 0.717) is 0 Å². The summed E-state index contributed by atoms with van der Waals surface area (Å²) in [5, 5.41) is 38.5. The number of hydrogen-bond acceptors (Lipinski definition) is 7. The van der Waals surface area contributed by atoms with Gasteiger partial charge in [0.25, 0.3) is 5.56 Å². The maximum atomic E-state index is 11.9. The van der Waals surface area contributed by atoms with E-state index in [9.17, 15) is 24.9 Å². The first-order chi connectivity index (χ1) is 9.37. The van der Waals surface area contributed by atoms with Gasteiger partial charge in [0, 0.05) is 6.07 Å². The average Bonchev–Trinajstić information content (AvgIpc) is 2.63. The fourth-order valence-electron chi connectivity index (χ4n) is 2.22. The van der Waals surface area contributed by atoms with E-state index in [-0.39, 0.29) is 3.70 Å². The maximum absolute atomic E-state index is 11.9. The lowest BCUT2D eigenvalue weighted by molar-refractivity contribution is -0.175. The summed E-state index contributed by atoms with van der Waals surface area (Å²) in [5.74, 6) is 0. The summed E-state index contributed by atoms with van der Waals surface area (Å²) in [7, 11) is 0. The maximum Gasteiger partial charge on any atom is 0.331 e. The molecule has 0 saturated carbocycles. The minimum Gasteiger partial charge on any atom is -0.394 e. The minimum absolute atomic E-state index is 0.107. The number of aromatic nitrogens is 2. The second-order valence-electron chi connectivity index (χ2n) is 4.37. The second-order valence-corrected chi connectivity index (χ2v) is 5.48. The Hall–Kier alpha value is -0.790. The number of ether oxygens (including phenoxy) is 1. The van der Waals surface area contributed by atoms with Crippen LogP contribution in [0.2, 0.25) is 0 Å². The van der Waals surface area contributed by atoms with E-state index in [2.05, 4.69) is 0 Å². The molecule has 0 radical (unpaired) electrons. The smallest absolute Gasteiger partial charge is 0.331 e. The SMILES string of the molecule is O=c1cc(I)n([C@]2(CO)O[C@H](CO)[C@@H](O)[C@H]2O)c(=O)[nH]1. The number of nitrogens with one attached hydrogen (secondary N) is 1. The van der Waals surface area contributed by atoms with Crippen LogP contribution in [0.25, 0.3) is 0 Å². The van der Waals surface area contributed by atoms with Crippen LogP contribution in [0.4, 0.5) is 0 Å². The van der Waals surface area contributed by atoms with Gasteiger partial charge in [-0.3, -0.25) is 14.3 Å². The molecule has 2 rings (SSSR count). The number of aliphatic hydroxyl groups excluding tert-OH is 4. The summed E-state index contributed by atoms with van der Waals surface area (Å²) in [6, 6.07) is 1.08. The van der Waals surface area contributed by atoms with Gasteiger partial charge < -0.3 is 25.2 Å². The van der Waals surface area contributed by atoms with Gasteiger partial charge in [0.1, 0.15) is 18.3 Å². The van der Waals surface area contributed by atoms with Gasteiger partial charge in [-0.05, 0) is 22.6 Å². The Morgan fingerprint density at radius 2 is 2.05 bits per heavy atom. The van der Waals surface area contributed by atoms with Gasteiger partial charge >= 0.3 is 5.69 Å². The largest absolute Gasteiger partial charge is 0.394 e. The van der Waals surface area contributed by atoms with Gasteiger partial charge in [0.15, 0.2) is 0 Å². The van der Waals surface area contributed by atoms with E-state index in [1.165, 1.54) is 0 Å². The van der Waals surface area contributed by atoms with Gasteiger partial charge in [-0.2, -0.15) is 0 Å². The molecule has 0 aromatic carbocycles. The van der Waals surface area contributed by atoms with Gasteiger partial charge in [-0.1, -0.05) is 0 Å². The number of hydrogen-bond donors (Lipinski definition) is 5. The molecular formula is C10H13IN2O7. The second kappa shape index (κ2) is 5.54. The summed E-state index contributed by atoms with van der Waals surface area (Å²) in [6.07, 6.45) is -4.30. The molecule has 1 aromatic heterocycles. The van der Waals surface area contributed by atoms with Crippen LogP contribution in [0.15, 0.2) is 15.7 Å². The number of H-pyrrole nitrogens is 1. The predicted octanol–water partition coefficient (Wildman–Crippen LogP) is -3.10. The highest BCUT2D eigenvalue weighted by atomic mass is 127. The van der Waals surface area contributed by atoms with E-state index in [1.54, 1.807) is 22.6 Å². The van der Waals surface area contributed by atoms with Crippen molar-refractivity contribution in [1.29, 1.82) is 0 Å². The number of nitrogens with zero attached hydrogens (tertiary/aromatic N) is 1. The van der Waals surface area contributed by atoms with Crippen molar-refractivity contribution in [2.24, 2.45) is 0 Å². The average molecular weight is 400 g/mol. The molecule has 5 N–H and O–H groups in total. The van der Waals surface area contributed by atoms with E-state index in [0.717, 1.165) is 10.6 Å². The summed E-state index contributed by atoms with van der Waals surface area (Å²) < 4.78 is 6.25. The fourth-order valence-corrected chi connectivity index (χ4v) is 3.13. The Balaban J connectivity index is 2.64. The molecule has 9 nitrogen and oxygen atoms in total. The van der Waals surface area contributed by atoms with Crippen LogP contribution < -0.4 is 11.2 Å². The standard InChI is InChI=1S/C10H13IN2O7/c11-5-1-6(16)12-9(19)13(5)10(3-15)8(18)7(17)4(2-14)20-10/h1,4,7-8,14-15,17-18H,2-3H2,(H,12,16,19)/t4-,7-,8-,10-/m1/s1. The first-order valence-corrected chi connectivity index (χ1v) is 6.73. The summed E-state index contributed by atoms with van der Waals surface area (Å²) in [5.41, 5.74) is -3.51. The molecule has 1 fully saturated rings. The van der Waals surface area contributed by atoms with Crippen LogP contribution in [0.5, 0.6) is 0 Å². The van der Waals surface area contributed by atoms with Crippen LogP contribution in [0.3, 0.4) is 0 Å². The van der Waals surface area contributed by atoms with Crippen molar-refractivity contribution in [3.8, 4) is 0 Å². The van der Waals surface area contributed by atoms with Crippen molar-refractivity contribution >= 4 is 22.6 Å². The summed E-state index contributed by atoms with van der Waals surface area (Å²) in [4.78, 5) is 25.1. The molecule has 0 amide bonds. The Morgan fingerprint density at radius 1 is 1.40 bits per heavy atom. The van der Waals surface area contributed by atoms with E-state index in [4.69, 9.17) is 9.84 Å². The molecule has 0 aliphatic carbocycles. The lowest BCUT2D eigenvalue weighted by Gasteiger charge is -2.32. The van der Waals surface area contributed by atoms with E-state index < -0.39 is 48.5 Å². The molecule has 1 saturated heterocycles. The zero-order chi connectivity index (χ0) is 15.1. The third-order valence-electron chi connectivity index (χ3n) is 3.20. The first-order valence-electron chi connectivity index (χ1n) is 5.65. The van der Waals surface area contributed by atoms with Gasteiger partial charge in [-0.15, -0.1) is 0 Å². The zero-order valence-corrected chi connectivity index (χ0v) is 12.2. The molecule has 1 aliphatic heterocycles. The predicted molar refractivity (Wildman–Crippen MR) is 73.1 cm³/mol. The Kier molecular flexibility index (Phi) is 4.32. The highest BCUT2D eigenvalue weighted by Gasteiger charge is 2.56. The van der Waals surface area contributed by atoms with Gasteiger partial charge in [0.05, 0.1) is 16.9 Å². The molecule has 2 heterocycles. The highest BCUT2D eigenvalue weighted by Crippen LogP contribution is 2.35. The zero-order valence-electron chi connectivity index (χ0n) is 10.1. The third-order valence-corrected chi connectivity index (χ3v) is 4.00. The van der Waals surface area contributed by atoms with Gasteiger partial charge in [-0.25, -0.2) is 4.79 Å². The lowest BCUT2D eigenvalue weighted by Crippen LogP contribution is -2.55. The lowest BCUT2D eigenvalue weighted by atomic mass is 10.0. The highest BCUT2D eigenvalue weighted by molar-refractivity contribution is 14.1. The van der Waals surface area contributed by atoms with Crippen molar-refractivity contribution in [3.63, 3.8) is 0 Å². The normalized spacial score (nSPS) is 33.5. The Morgan fingerprint density at radius 3 is 2.50 bits per heavy atom.